The largest absolute Gasteiger partial charge is 0.494 e. The molecule has 0 aromatic carbocycles. The molecule has 1 aliphatic heterocycles. The van der Waals surface area contributed by atoms with Crippen molar-refractivity contribution in [1.82, 2.24) is 0 Å². The van der Waals surface area contributed by atoms with Crippen molar-refractivity contribution in [3.05, 3.63) is 23.7 Å². The monoisotopic (exact) mass is 236 g/mol. The molecule has 0 bridgehead atoms. The normalized spacial score (nSPS) is 21.4. The van der Waals surface area contributed by atoms with E-state index in [1.54, 1.807) is 0 Å². The van der Waals surface area contributed by atoms with Gasteiger partial charge in [-0.1, -0.05) is 32.1 Å². The van der Waals surface area contributed by atoms with Gasteiger partial charge in [-0.3, -0.25) is 0 Å². The maximum Gasteiger partial charge on any atom is 0.494 e. The first-order valence-electron chi connectivity index (χ1n) is 6.47. The fourth-order valence-corrected chi connectivity index (χ4v) is 1.78. The van der Waals surface area contributed by atoms with Crippen molar-refractivity contribution in [3.63, 3.8) is 0 Å². The second kappa shape index (κ2) is 4.99. The minimum absolute atomic E-state index is 0.285. The highest BCUT2D eigenvalue weighted by Crippen LogP contribution is 2.38. The molecule has 1 fully saturated rings. The van der Waals surface area contributed by atoms with Crippen molar-refractivity contribution in [3.8, 4) is 0 Å². The molecule has 1 heterocycles. The molecule has 0 amide bonds. The van der Waals surface area contributed by atoms with Crippen LogP contribution in [0.25, 0.3) is 0 Å². The van der Waals surface area contributed by atoms with Gasteiger partial charge in [-0.15, -0.1) is 0 Å². The Kier molecular flexibility index (Phi) is 4.26. The van der Waals surface area contributed by atoms with Gasteiger partial charge >= 0.3 is 7.12 Å². The molecule has 96 valence electrons. The van der Waals surface area contributed by atoms with E-state index in [2.05, 4.69) is 54.2 Å². The standard InChI is InChI=1S/C14H25BO2/c1-8-12(9-2)10-11(3)15-16-13(4,5)14(6,7)17-15/h10H,3,8-9H2,1-2,4-7H3. The number of rotatable bonds is 4. The molecule has 1 rings (SSSR count). The van der Waals surface area contributed by atoms with E-state index in [4.69, 9.17) is 9.31 Å². The maximum absolute atomic E-state index is 5.95. The van der Waals surface area contributed by atoms with Crippen molar-refractivity contribution >= 4 is 7.12 Å². The Morgan fingerprint density at radius 1 is 1.06 bits per heavy atom. The van der Waals surface area contributed by atoms with Gasteiger partial charge in [0.25, 0.3) is 0 Å². The van der Waals surface area contributed by atoms with Crippen LogP contribution in [0.15, 0.2) is 23.7 Å². The highest BCUT2D eigenvalue weighted by molar-refractivity contribution is 6.55. The molecule has 0 unspecified atom stereocenters. The zero-order valence-electron chi connectivity index (χ0n) is 12.1. The Balaban J connectivity index is 2.79. The van der Waals surface area contributed by atoms with E-state index in [9.17, 15) is 0 Å². The summed E-state index contributed by atoms with van der Waals surface area (Å²) in [7, 11) is -0.312. The molecule has 0 radical (unpaired) electrons. The minimum Gasteiger partial charge on any atom is -0.399 e. The maximum atomic E-state index is 5.95. The molecule has 17 heavy (non-hydrogen) atoms. The quantitative estimate of drug-likeness (QED) is 0.544. The van der Waals surface area contributed by atoms with Crippen molar-refractivity contribution in [1.29, 1.82) is 0 Å². The molecule has 0 atom stereocenters. The van der Waals surface area contributed by atoms with Gasteiger partial charge in [0.1, 0.15) is 0 Å². The molecule has 0 aromatic rings. The first-order chi connectivity index (χ1) is 7.73. The van der Waals surface area contributed by atoms with Crippen LogP contribution in [0.4, 0.5) is 0 Å². The topological polar surface area (TPSA) is 18.5 Å². The van der Waals surface area contributed by atoms with Crippen LogP contribution < -0.4 is 0 Å². The Hall–Kier alpha value is -0.535. The van der Waals surface area contributed by atoms with Crippen LogP contribution in [0.1, 0.15) is 54.4 Å². The van der Waals surface area contributed by atoms with E-state index < -0.39 is 0 Å². The molecule has 3 heteroatoms. The molecule has 0 saturated carbocycles. The average Bonchev–Trinajstić information content (AvgIpc) is 2.44. The molecule has 1 aliphatic rings. The third kappa shape index (κ3) is 3.02. The first kappa shape index (κ1) is 14.5. The highest BCUT2D eigenvalue weighted by Gasteiger charge is 2.51. The Morgan fingerprint density at radius 3 is 1.82 bits per heavy atom. The fraction of sp³-hybridized carbons (Fsp3) is 0.714. The second-order valence-electron chi connectivity index (χ2n) is 5.67. The zero-order chi connectivity index (χ0) is 13.3. The molecule has 2 nitrogen and oxygen atoms in total. The summed E-state index contributed by atoms with van der Waals surface area (Å²) < 4.78 is 11.9. The summed E-state index contributed by atoms with van der Waals surface area (Å²) in [5.74, 6) is 0. The highest BCUT2D eigenvalue weighted by atomic mass is 16.7. The summed E-state index contributed by atoms with van der Waals surface area (Å²) in [5, 5.41) is 0. The van der Waals surface area contributed by atoms with Gasteiger partial charge in [-0.05, 0) is 46.0 Å². The van der Waals surface area contributed by atoms with Crippen LogP contribution in [0, 0.1) is 0 Å². The molecule has 1 saturated heterocycles. The third-order valence-corrected chi connectivity index (χ3v) is 3.85. The van der Waals surface area contributed by atoms with E-state index in [1.807, 2.05) is 0 Å². The molecule has 0 aliphatic carbocycles. The van der Waals surface area contributed by atoms with Gasteiger partial charge in [-0.2, -0.15) is 0 Å². The first-order valence-corrected chi connectivity index (χ1v) is 6.47. The van der Waals surface area contributed by atoms with Crippen molar-refractivity contribution in [2.24, 2.45) is 0 Å². The predicted molar refractivity (Wildman–Crippen MR) is 73.9 cm³/mol. The van der Waals surface area contributed by atoms with Crippen LogP contribution in [0.2, 0.25) is 0 Å². The fourth-order valence-electron chi connectivity index (χ4n) is 1.78. The van der Waals surface area contributed by atoms with Crippen molar-refractivity contribution in [2.45, 2.75) is 65.6 Å². The lowest BCUT2D eigenvalue weighted by molar-refractivity contribution is 0.00578. The van der Waals surface area contributed by atoms with Gasteiger partial charge < -0.3 is 9.31 Å². The van der Waals surface area contributed by atoms with E-state index in [0.29, 0.717) is 0 Å². The number of hydrogen-bond donors (Lipinski definition) is 0. The summed E-state index contributed by atoms with van der Waals surface area (Å²) in [4.78, 5) is 0. The Morgan fingerprint density at radius 2 is 1.47 bits per heavy atom. The van der Waals surface area contributed by atoms with Crippen LogP contribution in [-0.2, 0) is 9.31 Å². The van der Waals surface area contributed by atoms with Crippen LogP contribution >= 0.6 is 0 Å². The van der Waals surface area contributed by atoms with E-state index >= 15 is 0 Å². The minimum atomic E-state index is -0.312. The van der Waals surface area contributed by atoms with E-state index in [1.165, 1.54) is 5.57 Å². The number of allylic oxidation sites excluding steroid dienone is 3. The summed E-state index contributed by atoms with van der Waals surface area (Å²) in [5.41, 5.74) is 1.73. The van der Waals surface area contributed by atoms with Gasteiger partial charge in [0, 0.05) is 0 Å². The van der Waals surface area contributed by atoms with Crippen molar-refractivity contribution < 1.29 is 9.31 Å². The molecular weight excluding hydrogens is 211 g/mol. The Bertz CT molecular complexity index is 307. The van der Waals surface area contributed by atoms with Gasteiger partial charge in [0.2, 0.25) is 0 Å². The smallest absolute Gasteiger partial charge is 0.399 e. The summed E-state index contributed by atoms with van der Waals surface area (Å²) in [6, 6.07) is 0. The van der Waals surface area contributed by atoms with E-state index in [-0.39, 0.29) is 18.3 Å². The lowest BCUT2D eigenvalue weighted by Crippen LogP contribution is -2.41. The lowest BCUT2D eigenvalue weighted by Gasteiger charge is -2.32. The van der Waals surface area contributed by atoms with Gasteiger partial charge in [-0.25, -0.2) is 0 Å². The SMILES string of the molecule is C=C(C=C(CC)CC)B1OC(C)(C)C(C)(C)O1. The van der Waals surface area contributed by atoms with Crippen LogP contribution in [0.3, 0.4) is 0 Å². The average molecular weight is 236 g/mol. The Labute approximate surface area is 106 Å². The van der Waals surface area contributed by atoms with E-state index in [0.717, 1.165) is 18.3 Å². The van der Waals surface area contributed by atoms with Crippen molar-refractivity contribution in [2.75, 3.05) is 0 Å². The molecular formula is C14H25BO2. The van der Waals surface area contributed by atoms with Crippen LogP contribution in [0.5, 0.6) is 0 Å². The van der Waals surface area contributed by atoms with Crippen LogP contribution in [-0.4, -0.2) is 18.3 Å². The predicted octanol–water partition coefficient (Wildman–Crippen LogP) is 3.92. The lowest BCUT2D eigenvalue weighted by atomic mass is 9.78. The third-order valence-electron chi connectivity index (χ3n) is 3.85. The second-order valence-corrected chi connectivity index (χ2v) is 5.67. The molecule has 0 aromatic heterocycles. The zero-order valence-corrected chi connectivity index (χ0v) is 12.1. The summed E-state index contributed by atoms with van der Waals surface area (Å²) >= 11 is 0. The molecule has 0 N–H and O–H groups in total. The van der Waals surface area contributed by atoms with Gasteiger partial charge in [0.15, 0.2) is 0 Å². The number of hydrogen-bond acceptors (Lipinski definition) is 2. The summed E-state index contributed by atoms with van der Waals surface area (Å²) in [6.45, 7) is 16.6. The summed E-state index contributed by atoms with van der Waals surface area (Å²) in [6.07, 6.45) is 4.21. The van der Waals surface area contributed by atoms with Gasteiger partial charge in [0.05, 0.1) is 11.2 Å². The molecule has 0 spiro atoms.